The smallest absolute Gasteiger partial charge is 0.189 e. The highest BCUT2D eigenvalue weighted by atomic mass is 32.1. The van der Waals surface area contributed by atoms with Crippen molar-refractivity contribution in [1.29, 1.82) is 0 Å². The molecule has 3 aliphatic rings. The van der Waals surface area contributed by atoms with Crippen LogP contribution in [0.4, 0.5) is 10.2 Å². The van der Waals surface area contributed by atoms with Gasteiger partial charge in [-0.3, -0.25) is 4.90 Å². The molecule has 7 nitrogen and oxygen atoms in total. The van der Waals surface area contributed by atoms with Crippen molar-refractivity contribution in [2.75, 3.05) is 45.0 Å². The van der Waals surface area contributed by atoms with Gasteiger partial charge < -0.3 is 19.5 Å². The van der Waals surface area contributed by atoms with Crippen LogP contribution in [0.15, 0.2) is 12.1 Å². The number of hydrogen-bond donors (Lipinski definition) is 1. The van der Waals surface area contributed by atoms with Gasteiger partial charge in [0.15, 0.2) is 6.79 Å². The predicted octanol–water partition coefficient (Wildman–Crippen LogP) is 4.06. The first-order valence-corrected chi connectivity index (χ1v) is 12.9. The van der Waals surface area contributed by atoms with Gasteiger partial charge in [0.25, 0.3) is 0 Å². The van der Waals surface area contributed by atoms with E-state index in [-0.39, 0.29) is 12.6 Å². The Labute approximate surface area is 202 Å². The third-order valence-corrected chi connectivity index (χ3v) is 7.95. The second-order valence-corrected chi connectivity index (χ2v) is 10.2. The molecule has 0 amide bonds. The lowest BCUT2D eigenvalue weighted by molar-refractivity contribution is -0.0172. The maximum Gasteiger partial charge on any atom is 0.189 e. The van der Waals surface area contributed by atoms with Crippen LogP contribution in [-0.2, 0) is 41.9 Å². The summed E-state index contributed by atoms with van der Waals surface area (Å²) in [5.74, 6) is 2.25. The standard InChI is InChI=1S/C25H29FN4O3S/c26-18-11-16(23-17(12-18)14-32-15-33-23)5-6-27-24-22-19-3-1-2-4-20(19)34-25(22)29-21(28-24)13-30-7-9-31-10-8-30/h11-12H,1-10,13-15H2,(H,27,28,29). The minimum absolute atomic E-state index is 0.206. The lowest BCUT2D eigenvalue weighted by Gasteiger charge is -2.26. The topological polar surface area (TPSA) is 68.7 Å². The highest BCUT2D eigenvalue weighted by Gasteiger charge is 2.23. The van der Waals surface area contributed by atoms with Gasteiger partial charge in [0, 0.05) is 30.1 Å². The summed E-state index contributed by atoms with van der Waals surface area (Å²) in [5.41, 5.74) is 3.04. The predicted molar refractivity (Wildman–Crippen MR) is 129 cm³/mol. The van der Waals surface area contributed by atoms with E-state index in [2.05, 4.69) is 10.2 Å². The van der Waals surface area contributed by atoms with Crippen molar-refractivity contribution in [3.8, 4) is 5.75 Å². The number of rotatable bonds is 6. The number of morpholine rings is 1. The summed E-state index contributed by atoms with van der Waals surface area (Å²) in [6.45, 7) is 5.26. The minimum atomic E-state index is -0.257. The molecular weight excluding hydrogens is 455 g/mol. The van der Waals surface area contributed by atoms with Gasteiger partial charge in [0.05, 0.1) is 31.8 Å². The molecule has 4 heterocycles. The number of nitrogens with zero attached hydrogens (tertiary/aromatic N) is 3. The molecule has 2 aliphatic heterocycles. The number of benzene rings is 1. The molecule has 1 aliphatic carbocycles. The van der Waals surface area contributed by atoms with E-state index in [9.17, 15) is 4.39 Å². The highest BCUT2D eigenvalue weighted by molar-refractivity contribution is 7.19. The van der Waals surface area contributed by atoms with Crippen LogP contribution < -0.4 is 10.1 Å². The largest absolute Gasteiger partial charge is 0.467 e. The Bertz CT molecular complexity index is 1190. The zero-order chi connectivity index (χ0) is 22.9. The fraction of sp³-hybridized carbons (Fsp3) is 0.520. The second kappa shape index (κ2) is 9.73. The molecule has 1 fully saturated rings. The molecule has 34 heavy (non-hydrogen) atoms. The number of anilines is 1. The maximum absolute atomic E-state index is 14.2. The molecule has 180 valence electrons. The third kappa shape index (κ3) is 4.49. The zero-order valence-corrected chi connectivity index (χ0v) is 20.0. The summed E-state index contributed by atoms with van der Waals surface area (Å²) in [6.07, 6.45) is 5.30. The van der Waals surface area contributed by atoms with E-state index >= 15 is 0 Å². The van der Waals surface area contributed by atoms with Gasteiger partial charge in [0.2, 0.25) is 0 Å². The van der Waals surface area contributed by atoms with Crippen LogP contribution in [0.1, 0.15) is 40.2 Å². The Morgan fingerprint density at radius 2 is 1.97 bits per heavy atom. The average Bonchev–Trinajstić information content (AvgIpc) is 3.23. The first-order chi connectivity index (χ1) is 16.7. The number of fused-ring (bicyclic) bond motifs is 4. The number of nitrogens with one attached hydrogen (secondary N) is 1. The Balaban J connectivity index is 1.27. The van der Waals surface area contributed by atoms with Crippen molar-refractivity contribution in [2.24, 2.45) is 0 Å². The molecule has 0 bridgehead atoms. The summed E-state index contributed by atoms with van der Waals surface area (Å²) in [7, 11) is 0. The van der Waals surface area contributed by atoms with Crippen LogP contribution in [0.3, 0.4) is 0 Å². The van der Waals surface area contributed by atoms with Gasteiger partial charge in [-0.15, -0.1) is 11.3 Å². The van der Waals surface area contributed by atoms with E-state index in [1.807, 2.05) is 11.3 Å². The van der Waals surface area contributed by atoms with Gasteiger partial charge in [0.1, 0.15) is 28.0 Å². The molecule has 0 radical (unpaired) electrons. The van der Waals surface area contributed by atoms with E-state index in [1.54, 1.807) is 6.07 Å². The van der Waals surface area contributed by atoms with Gasteiger partial charge in [-0.25, -0.2) is 14.4 Å². The normalized spacial score (nSPS) is 18.4. The van der Waals surface area contributed by atoms with Crippen molar-refractivity contribution in [1.82, 2.24) is 14.9 Å². The van der Waals surface area contributed by atoms with Crippen molar-refractivity contribution in [3.63, 3.8) is 0 Å². The molecule has 1 aromatic carbocycles. The second-order valence-electron chi connectivity index (χ2n) is 9.11. The molecule has 2 aromatic heterocycles. The highest BCUT2D eigenvalue weighted by Crippen LogP contribution is 2.39. The van der Waals surface area contributed by atoms with Crippen LogP contribution in [0.2, 0.25) is 0 Å². The van der Waals surface area contributed by atoms with Gasteiger partial charge in [-0.1, -0.05) is 0 Å². The molecule has 1 N–H and O–H groups in total. The maximum atomic E-state index is 14.2. The fourth-order valence-corrected chi connectivity index (χ4v) is 6.40. The summed E-state index contributed by atoms with van der Waals surface area (Å²) in [6, 6.07) is 3.06. The van der Waals surface area contributed by atoms with Crippen molar-refractivity contribution < 1.29 is 18.6 Å². The lowest BCUT2D eigenvalue weighted by Crippen LogP contribution is -2.36. The molecule has 3 aromatic rings. The van der Waals surface area contributed by atoms with Crippen molar-refractivity contribution in [3.05, 3.63) is 45.3 Å². The Kier molecular flexibility index (Phi) is 6.34. The Hall–Kier alpha value is -2.33. The van der Waals surface area contributed by atoms with E-state index in [0.717, 1.165) is 79.0 Å². The molecule has 0 atom stereocenters. The van der Waals surface area contributed by atoms with E-state index in [0.29, 0.717) is 19.6 Å². The van der Waals surface area contributed by atoms with Crippen molar-refractivity contribution >= 4 is 27.4 Å². The quantitative estimate of drug-likeness (QED) is 0.566. The van der Waals surface area contributed by atoms with Gasteiger partial charge in [-0.2, -0.15) is 0 Å². The fourth-order valence-electron chi connectivity index (χ4n) is 5.12. The molecule has 6 rings (SSSR count). The monoisotopic (exact) mass is 484 g/mol. The number of halogens is 1. The lowest BCUT2D eigenvalue weighted by atomic mass is 9.97. The summed E-state index contributed by atoms with van der Waals surface area (Å²) in [4.78, 5) is 14.8. The number of hydrogen-bond acceptors (Lipinski definition) is 8. The first kappa shape index (κ1) is 22.2. The summed E-state index contributed by atoms with van der Waals surface area (Å²) >= 11 is 1.82. The van der Waals surface area contributed by atoms with Crippen LogP contribution in [0, 0.1) is 5.82 Å². The first-order valence-electron chi connectivity index (χ1n) is 12.1. The Morgan fingerprint density at radius 3 is 2.88 bits per heavy atom. The van der Waals surface area contributed by atoms with Gasteiger partial charge >= 0.3 is 0 Å². The number of thiophene rings is 1. The number of aryl methyl sites for hydroxylation is 2. The van der Waals surface area contributed by atoms with Crippen molar-refractivity contribution in [2.45, 2.75) is 45.3 Å². The molecule has 0 saturated carbocycles. The van der Waals surface area contributed by atoms with E-state index in [4.69, 9.17) is 24.2 Å². The number of ether oxygens (including phenoxy) is 3. The summed E-state index contributed by atoms with van der Waals surface area (Å²) < 4.78 is 30.7. The average molecular weight is 485 g/mol. The molecule has 0 unspecified atom stereocenters. The van der Waals surface area contributed by atoms with Crippen LogP contribution in [0.25, 0.3) is 10.2 Å². The van der Waals surface area contributed by atoms with Crippen LogP contribution >= 0.6 is 11.3 Å². The molecular formula is C25H29FN4O3S. The zero-order valence-electron chi connectivity index (χ0n) is 19.2. The van der Waals surface area contributed by atoms with Gasteiger partial charge in [-0.05, 0) is 55.4 Å². The Morgan fingerprint density at radius 1 is 1.09 bits per heavy atom. The van der Waals surface area contributed by atoms with E-state index < -0.39 is 0 Å². The third-order valence-electron chi connectivity index (χ3n) is 6.77. The molecule has 0 spiro atoms. The molecule has 1 saturated heterocycles. The van der Waals surface area contributed by atoms with Crippen LogP contribution in [0.5, 0.6) is 5.75 Å². The van der Waals surface area contributed by atoms with E-state index in [1.165, 1.54) is 34.7 Å². The number of aromatic nitrogens is 2. The SMILES string of the molecule is Fc1cc(CCNc2nc(CN3CCOCC3)nc3sc4c(c23)CCCC4)c2c(c1)COCO2. The van der Waals surface area contributed by atoms with Crippen LogP contribution in [-0.4, -0.2) is 54.5 Å². The minimum Gasteiger partial charge on any atom is -0.467 e. The summed E-state index contributed by atoms with van der Waals surface area (Å²) in [5, 5.41) is 4.76. The molecule has 9 heteroatoms.